The van der Waals surface area contributed by atoms with Crippen LogP contribution in [-0.2, 0) is 6.18 Å². The van der Waals surface area contributed by atoms with Crippen LogP contribution in [0.4, 0.5) is 24.8 Å². The maximum Gasteiger partial charge on any atom is 0.451 e. The summed E-state index contributed by atoms with van der Waals surface area (Å²) in [6.07, 6.45) is -1.41. The summed E-state index contributed by atoms with van der Waals surface area (Å²) in [6.45, 7) is 1.78. The van der Waals surface area contributed by atoms with Gasteiger partial charge in [0.2, 0.25) is 5.82 Å². The zero-order chi connectivity index (χ0) is 14.8. The minimum atomic E-state index is -4.64. The van der Waals surface area contributed by atoms with Crippen molar-refractivity contribution in [3.8, 4) is 0 Å². The van der Waals surface area contributed by atoms with Crippen molar-refractivity contribution in [3.63, 3.8) is 0 Å². The van der Waals surface area contributed by atoms with Gasteiger partial charge in [-0.2, -0.15) is 13.2 Å². The number of pyridine rings is 1. The average Bonchev–Trinajstić information content (AvgIpc) is 2.38. The number of aromatic nitrogens is 3. The van der Waals surface area contributed by atoms with E-state index in [4.69, 9.17) is 5.73 Å². The normalized spacial score (nSPS) is 13.0. The lowest BCUT2D eigenvalue weighted by atomic mass is 10.1. The second-order valence-corrected chi connectivity index (χ2v) is 4.15. The standard InChI is InChI=1S/C12H12F3N5/c1-7(8-3-2-4-17-6-8)18-10-5-9(16)19-11(20-10)12(13,14)15/h2-7H,1H3,(H3,16,18,19,20). The molecule has 2 aromatic rings. The molecule has 1 atom stereocenters. The minimum absolute atomic E-state index is 0.0150. The second kappa shape index (κ2) is 5.32. The van der Waals surface area contributed by atoms with Gasteiger partial charge in [0, 0.05) is 18.5 Å². The predicted molar refractivity (Wildman–Crippen MR) is 67.7 cm³/mol. The van der Waals surface area contributed by atoms with Crippen LogP contribution in [0, 0.1) is 0 Å². The van der Waals surface area contributed by atoms with Crippen molar-refractivity contribution in [2.45, 2.75) is 19.1 Å². The molecule has 8 heteroatoms. The quantitative estimate of drug-likeness (QED) is 0.905. The minimum Gasteiger partial charge on any atom is -0.384 e. The number of alkyl halides is 3. The summed E-state index contributed by atoms with van der Waals surface area (Å²) in [6, 6.07) is 4.53. The summed E-state index contributed by atoms with van der Waals surface area (Å²) in [5, 5.41) is 2.84. The lowest BCUT2D eigenvalue weighted by molar-refractivity contribution is -0.144. The molecule has 20 heavy (non-hydrogen) atoms. The van der Waals surface area contributed by atoms with Crippen LogP contribution in [0.3, 0.4) is 0 Å². The molecule has 3 N–H and O–H groups in total. The third-order valence-electron chi connectivity index (χ3n) is 2.55. The fraction of sp³-hybridized carbons (Fsp3) is 0.250. The predicted octanol–water partition coefficient (Wildman–Crippen LogP) is 2.65. The van der Waals surface area contributed by atoms with E-state index in [9.17, 15) is 13.2 Å². The van der Waals surface area contributed by atoms with Gasteiger partial charge in [-0.15, -0.1) is 0 Å². The number of anilines is 2. The first-order chi connectivity index (χ1) is 9.36. The molecule has 0 saturated carbocycles. The molecular weight excluding hydrogens is 271 g/mol. The maximum atomic E-state index is 12.6. The fourth-order valence-corrected chi connectivity index (χ4v) is 1.60. The monoisotopic (exact) mass is 283 g/mol. The van der Waals surface area contributed by atoms with Crippen LogP contribution < -0.4 is 11.1 Å². The SMILES string of the molecule is CC(Nc1cc(N)nc(C(F)(F)F)n1)c1cccnc1. The Morgan fingerprint density at radius 1 is 1.30 bits per heavy atom. The first kappa shape index (κ1) is 14.0. The lowest BCUT2D eigenvalue weighted by Gasteiger charge is -2.15. The van der Waals surface area contributed by atoms with Crippen LogP contribution >= 0.6 is 0 Å². The fourth-order valence-electron chi connectivity index (χ4n) is 1.60. The number of nitrogens with two attached hydrogens (primary N) is 1. The summed E-state index contributed by atoms with van der Waals surface area (Å²) >= 11 is 0. The highest BCUT2D eigenvalue weighted by Gasteiger charge is 2.35. The van der Waals surface area contributed by atoms with Crippen molar-refractivity contribution in [1.82, 2.24) is 15.0 Å². The van der Waals surface area contributed by atoms with Gasteiger partial charge in [-0.1, -0.05) is 6.07 Å². The molecule has 0 aliphatic rings. The lowest BCUT2D eigenvalue weighted by Crippen LogP contribution is -2.15. The number of nitrogens with zero attached hydrogens (tertiary/aromatic N) is 3. The summed E-state index contributed by atoms with van der Waals surface area (Å²) < 4.78 is 37.8. The van der Waals surface area contributed by atoms with Crippen molar-refractivity contribution < 1.29 is 13.2 Å². The molecule has 0 aliphatic carbocycles. The highest BCUT2D eigenvalue weighted by Crippen LogP contribution is 2.28. The molecular formula is C12H12F3N5. The zero-order valence-corrected chi connectivity index (χ0v) is 10.5. The van der Waals surface area contributed by atoms with Crippen LogP contribution in [0.1, 0.15) is 24.4 Å². The molecule has 0 aliphatic heterocycles. The number of rotatable bonds is 3. The average molecular weight is 283 g/mol. The van der Waals surface area contributed by atoms with Gasteiger partial charge in [-0.25, -0.2) is 9.97 Å². The van der Waals surface area contributed by atoms with Crippen molar-refractivity contribution in [2.24, 2.45) is 0 Å². The Labute approximate surface area is 113 Å². The van der Waals surface area contributed by atoms with E-state index in [1.54, 1.807) is 31.5 Å². The van der Waals surface area contributed by atoms with Crippen LogP contribution in [0.25, 0.3) is 0 Å². The third kappa shape index (κ3) is 3.34. The zero-order valence-electron chi connectivity index (χ0n) is 10.5. The van der Waals surface area contributed by atoms with Gasteiger partial charge < -0.3 is 11.1 Å². The van der Waals surface area contributed by atoms with Gasteiger partial charge in [0.1, 0.15) is 11.6 Å². The van der Waals surface area contributed by atoms with Crippen LogP contribution in [0.2, 0.25) is 0 Å². The van der Waals surface area contributed by atoms with Gasteiger partial charge in [-0.05, 0) is 18.6 Å². The molecule has 5 nitrogen and oxygen atoms in total. The van der Waals surface area contributed by atoms with Crippen LogP contribution in [0.5, 0.6) is 0 Å². The number of nitrogens with one attached hydrogen (secondary N) is 1. The topological polar surface area (TPSA) is 76.7 Å². The van der Waals surface area contributed by atoms with Crippen LogP contribution in [-0.4, -0.2) is 15.0 Å². The van der Waals surface area contributed by atoms with Gasteiger partial charge in [0.15, 0.2) is 0 Å². The molecule has 0 aromatic carbocycles. The Morgan fingerprint density at radius 2 is 2.05 bits per heavy atom. The first-order valence-electron chi connectivity index (χ1n) is 5.74. The van der Waals surface area contributed by atoms with Gasteiger partial charge in [-0.3, -0.25) is 4.98 Å². The Bertz CT molecular complexity index is 585. The van der Waals surface area contributed by atoms with E-state index in [0.29, 0.717) is 0 Å². The molecule has 0 radical (unpaired) electrons. The molecule has 2 aromatic heterocycles. The van der Waals surface area contributed by atoms with Gasteiger partial charge >= 0.3 is 6.18 Å². The summed E-state index contributed by atoms with van der Waals surface area (Å²) in [5.74, 6) is -1.49. The molecule has 2 heterocycles. The summed E-state index contributed by atoms with van der Waals surface area (Å²) in [5.41, 5.74) is 6.18. The number of hydrogen-bond donors (Lipinski definition) is 2. The van der Waals surface area contributed by atoms with Crippen molar-refractivity contribution in [3.05, 3.63) is 42.0 Å². The molecule has 0 amide bonds. The van der Waals surface area contributed by atoms with E-state index in [0.717, 1.165) is 5.56 Å². The highest BCUT2D eigenvalue weighted by molar-refractivity contribution is 5.46. The molecule has 2 rings (SSSR count). The van der Waals surface area contributed by atoms with E-state index >= 15 is 0 Å². The van der Waals surface area contributed by atoms with E-state index in [1.807, 2.05) is 0 Å². The molecule has 106 valence electrons. The third-order valence-corrected chi connectivity index (χ3v) is 2.55. The maximum absolute atomic E-state index is 12.6. The number of halogens is 3. The highest BCUT2D eigenvalue weighted by atomic mass is 19.4. The Morgan fingerprint density at radius 3 is 2.65 bits per heavy atom. The largest absolute Gasteiger partial charge is 0.451 e. The number of nitrogen functional groups attached to an aromatic ring is 1. The summed E-state index contributed by atoms with van der Waals surface area (Å²) in [4.78, 5) is 10.5. The Kier molecular flexibility index (Phi) is 3.73. The van der Waals surface area contributed by atoms with Crippen molar-refractivity contribution >= 4 is 11.6 Å². The summed E-state index contributed by atoms with van der Waals surface area (Å²) in [7, 11) is 0. The van der Waals surface area contributed by atoms with E-state index in [2.05, 4.69) is 20.3 Å². The van der Waals surface area contributed by atoms with Crippen molar-refractivity contribution in [2.75, 3.05) is 11.1 Å². The molecule has 0 bridgehead atoms. The Hall–Kier alpha value is -2.38. The smallest absolute Gasteiger partial charge is 0.384 e. The molecule has 0 fully saturated rings. The molecule has 0 saturated heterocycles. The van der Waals surface area contributed by atoms with E-state index in [1.165, 1.54) is 6.07 Å². The second-order valence-electron chi connectivity index (χ2n) is 4.15. The van der Waals surface area contributed by atoms with Gasteiger partial charge in [0.25, 0.3) is 0 Å². The van der Waals surface area contributed by atoms with Gasteiger partial charge in [0.05, 0.1) is 6.04 Å². The van der Waals surface area contributed by atoms with E-state index in [-0.39, 0.29) is 17.7 Å². The first-order valence-corrected chi connectivity index (χ1v) is 5.74. The Balaban J connectivity index is 2.24. The molecule has 0 spiro atoms. The van der Waals surface area contributed by atoms with Crippen LogP contribution in [0.15, 0.2) is 30.6 Å². The molecule has 1 unspecified atom stereocenters. The number of hydrogen-bond acceptors (Lipinski definition) is 5. The van der Waals surface area contributed by atoms with Crippen molar-refractivity contribution in [1.29, 1.82) is 0 Å². The van der Waals surface area contributed by atoms with E-state index < -0.39 is 12.0 Å².